The van der Waals surface area contributed by atoms with Crippen LogP contribution in [0.4, 0.5) is 0 Å². The summed E-state index contributed by atoms with van der Waals surface area (Å²) in [6, 6.07) is 3.38. The summed E-state index contributed by atoms with van der Waals surface area (Å²) in [6.45, 7) is 2.35. The van der Waals surface area contributed by atoms with E-state index in [2.05, 4.69) is 15.1 Å². The first-order valence-electron chi connectivity index (χ1n) is 8.21. The Hall–Kier alpha value is -2.29. The highest BCUT2D eigenvalue weighted by atomic mass is 32.2. The topological polar surface area (TPSA) is 106 Å². The lowest BCUT2D eigenvalue weighted by Gasteiger charge is -2.26. The maximum Gasteiger partial charge on any atom is 0.227 e. The van der Waals surface area contributed by atoms with Crippen LogP contribution in [0.5, 0.6) is 0 Å². The van der Waals surface area contributed by atoms with Crippen molar-refractivity contribution in [3.8, 4) is 11.4 Å². The highest BCUT2D eigenvalue weighted by Gasteiger charge is 2.33. The number of nitrogens with zero attached hydrogens (tertiary/aromatic N) is 4. The van der Waals surface area contributed by atoms with Gasteiger partial charge in [-0.3, -0.25) is 9.78 Å². The molecule has 2 aromatic rings. The van der Waals surface area contributed by atoms with Crippen molar-refractivity contribution < 1.29 is 17.7 Å². The Bertz CT molecular complexity index is 835. The van der Waals surface area contributed by atoms with Gasteiger partial charge in [0.2, 0.25) is 17.6 Å². The molecule has 3 heterocycles. The Morgan fingerprint density at radius 2 is 2.28 bits per heavy atom. The zero-order valence-electron chi connectivity index (χ0n) is 14.0. The predicted molar refractivity (Wildman–Crippen MR) is 90.3 cm³/mol. The van der Waals surface area contributed by atoms with E-state index in [4.69, 9.17) is 4.52 Å². The van der Waals surface area contributed by atoms with Crippen LogP contribution in [0.25, 0.3) is 11.4 Å². The van der Waals surface area contributed by atoms with Crippen LogP contribution in [0.15, 0.2) is 29.0 Å². The smallest absolute Gasteiger partial charge is 0.227 e. The summed E-state index contributed by atoms with van der Waals surface area (Å²) in [5.41, 5.74) is 0.746. The van der Waals surface area contributed by atoms with Gasteiger partial charge in [-0.2, -0.15) is 4.98 Å². The Kier molecular flexibility index (Phi) is 5.12. The van der Waals surface area contributed by atoms with Gasteiger partial charge in [0.25, 0.3) is 0 Å². The van der Waals surface area contributed by atoms with E-state index in [-0.39, 0.29) is 29.9 Å². The van der Waals surface area contributed by atoms with Crippen molar-refractivity contribution in [2.45, 2.75) is 32.2 Å². The first-order chi connectivity index (χ1) is 12.0. The Labute approximate surface area is 146 Å². The maximum absolute atomic E-state index is 12.5. The molecule has 1 unspecified atom stereocenters. The zero-order valence-corrected chi connectivity index (χ0v) is 14.8. The lowest BCUT2D eigenvalue weighted by molar-refractivity contribution is -0.132. The van der Waals surface area contributed by atoms with Crippen molar-refractivity contribution in [3.05, 3.63) is 30.4 Å². The van der Waals surface area contributed by atoms with E-state index < -0.39 is 9.84 Å². The van der Waals surface area contributed by atoms with Crippen molar-refractivity contribution in [2.24, 2.45) is 0 Å². The Morgan fingerprint density at radius 1 is 1.44 bits per heavy atom. The molecule has 1 fully saturated rings. The van der Waals surface area contributed by atoms with Gasteiger partial charge in [-0.15, -0.1) is 0 Å². The number of carbonyl (C=O) groups excluding carboxylic acids is 1. The van der Waals surface area contributed by atoms with Gasteiger partial charge in [0.1, 0.15) is 0 Å². The lowest BCUT2D eigenvalue weighted by Crippen LogP contribution is -2.41. The number of aromatic nitrogens is 3. The molecule has 0 saturated carbocycles. The van der Waals surface area contributed by atoms with Crippen LogP contribution < -0.4 is 0 Å². The molecule has 0 aliphatic carbocycles. The average molecular weight is 364 g/mol. The van der Waals surface area contributed by atoms with E-state index >= 15 is 0 Å². The summed E-state index contributed by atoms with van der Waals surface area (Å²) < 4.78 is 28.4. The first-order valence-corrected chi connectivity index (χ1v) is 10.0. The highest BCUT2D eigenvalue weighted by Crippen LogP contribution is 2.19. The normalized spacial score (nSPS) is 19.0. The van der Waals surface area contributed by atoms with Gasteiger partial charge in [-0.05, 0) is 25.5 Å². The summed E-state index contributed by atoms with van der Waals surface area (Å²) >= 11 is 0. The van der Waals surface area contributed by atoms with Crippen LogP contribution in [0.3, 0.4) is 0 Å². The highest BCUT2D eigenvalue weighted by molar-refractivity contribution is 7.91. The second-order valence-electron chi connectivity index (χ2n) is 5.99. The minimum Gasteiger partial charge on any atom is -0.339 e. The van der Waals surface area contributed by atoms with E-state index in [1.54, 1.807) is 23.4 Å². The summed E-state index contributed by atoms with van der Waals surface area (Å²) in [6.07, 6.45) is 4.33. The maximum atomic E-state index is 12.5. The molecule has 0 radical (unpaired) electrons. The second kappa shape index (κ2) is 7.30. The van der Waals surface area contributed by atoms with Crippen LogP contribution in [0, 0.1) is 0 Å². The SMILES string of the molecule is CCN(C(=O)CCc1nc(-c2cccnc2)no1)C1CCS(=O)(=O)C1. The minimum atomic E-state index is -3.02. The van der Waals surface area contributed by atoms with E-state index in [0.29, 0.717) is 31.1 Å². The molecular weight excluding hydrogens is 344 g/mol. The van der Waals surface area contributed by atoms with Gasteiger partial charge in [0, 0.05) is 43.4 Å². The van der Waals surface area contributed by atoms with Crippen molar-refractivity contribution >= 4 is 15.7 Å². The quantitative estimate of drug-likeness (QED) is 0.755. The number of aryl methyl sites for hydroxylation is 1. The summed E-state index contributed by atoms with van der Waals surface area (Å²) in [7, 11) is -3.02. The summed E-state index contributed by atoms with van der Waals surface area (Å²) in [4.78, 5) is 22.4. The van der Waals surface area contributed by atoms with Crippen LogP contribution in [0.1, 0.15) is 25.7 Å². The number of sulfone groups is 1. The van der Waals surface area contributed by atoms with Gasteiger partial charge in [-0.1, -0.05) is 5.16 Å². The van der Waals surface area contributed by atoms with Crippen LogP contribution in [-0.2, 0) is 21.1 Å². The molecule has 1 aliphatic rings. The molecule has 1 aliphatic heterocycles. The van der Waals surface area contributed by atoms with Gasteiger partial charge < -0.3 is 9.42 Å². The number of hydrogen-bond donors (Lipinski definition) is 0. The van der Waals surface area contributed by atoms with Crippen LogP contribution in [0.2, 0.25) is 0 Å². The molecule has 134 valence electrons. The summed E-state index contributed by atoms with van der Waals surface area (Å²) in [5, 5.41) is 3.90. The van der Waals surface area contributed by atoms with E-state index in [1.807, 2.05) is 13.0 Å². The number of pyridine rings is 1. The van der Waals surface area contributed by atoms with Gasteiger partial charge in [0.05, 0.1) is 11.5 Å². The molecule has 1 atom stereocenters. The monoisotopic (exact) mass is 364 g/mol. The molecule has 3 rings (SSSR count). The molecule has 8 nitrogen and oxygen atoms in total. The molecule has 25 heavy (non-hydrogen) atoms. The zero-order chi connectivity index (χ0) is 17.9. The molecule has 1 saturated heterocycles. The largest absolute Gasteiger partial charge is 0.339 e. The molecule has 0 bridgehead atoms. The number of carbonyl (C=O) groups is 1. The fourth-order valence-corrected chi connectivity index (χ4v) is 4.72. The van der Waals surface area contributed by atoms with Crippen molar-refractivity contribution in [2.75, 3.05) is 18.1 Å². The van der Waals surface area contributed by atoms with E-state index in [9.17, 15) is 13.2 Å². The third-order valence-corrected chi connectivity index (χ3v) is 6.00. The van der Waals surface area contributed by atoms with Crippen molar-refractivity contribution in [1.29, 1.82) is 0 Å². The van der Waals surface area contributed by atoms with E-state index in [1.165, 1.54) is 0 Å². The minimum absolute atomic E-state index is 0.0539. The fraction of sp³-hybridized carbons (Fsp3) is 0.500. The van der Waals surface area contributed by atoms with Crippen LogP contribution >= 0.6 is 0 Å². The van der Waals surface area contributed by atoms with Crippen LogP contribution in [-0.4, -0.2) is 58.4 Å². The standard InChI is InChI=1S/C16H20N4O4S/c1-2-20(13-7-9-25(22,23)11-13)15(21)6-5-14-18-16(19-24-14)12-4-3-8-17-10-12/h3-4,8,10,13H,2,5-7,9,11H2,1H3. The van der Waals surface area contributed by atoms with Crippen molar-refractivity contribution in [1.82, 2.24) is 20.0 Å². The summed E-state index contributed by atoms with van der Waals surface area (Å²) in [5.74, 6) is 0.926. The third kappa shape index (κ3) is 4.22. The number of rotatable bonds is 6. The van der Waals surface area contributed by atoms with Gasteiger partial charge in [-0.25, -0.2) is 8.42 Å². The number of amides is 1. The number of hydrogen-bond acceptors (Lipinski definition) is 7. The molecule has 0 aromatic carbocycles. The predicted octanol–water partition coefficient (Wildman–Crippen LogP) is 1.10. The average Bonchev–Trinajstić information content (AvgIpc) is 3.21. The van der Waals surface area contributed by atoms with Crippen molar-refractivity contribution in [3.63, 3.8) is 0 Å². The molecule has 0 spiro atoms. The lowest BCUT2D eigenvalue weighted by atomic mass is 10.2. The Morgan fingerprint density at radius 3 is 2.92 bits per heavy atom. The van der Waals surface area contributed by atoms with E-state index in [0.717, 1.165) is 5.56 Å². The fourth-order valence-electron chi connectivity index (χ4n) is 2.99. The van der Waals surface area contributed by atoms with Gasteiger partial charge in [0.15, 0.2) is 9.84 Å². The molecule has 2 aromatic heterocycles. The van der Waals surface area contributed by atoms with Gasteiger partial charge >= 0.3 is 0 Å². The molecule has 1 amide bonds. The Balaban J connectivity index is 1.59. The molecule has 0 N–H and O–H groups in total. The second-order valence-corrected chi connectivity index (χ2v) is 8.22. The molecule has 9 heteroatoms. The first kappa shape index (κ1) is 17.5. The third-order valence-electron chi connectivity index (χ3n) is 4.25. The molecular formula is C16H20N4O4S.